The van der Waals surface area contributed by atoms with E-state index in [1.165, 1.54) is 38.5 Å². The van der Waals surface area contributed by atoms with Crippen LogP contribution in [0.3, 0.4) is 0 Å². The van der Waals surface area contributed by atoms with Gasteiger partial charge in [-0.1, -0.05) is 33.6 Å². The van der Waals surface area contributed by atoms with Crippen LogP contribution in [-0.4, -0.2) is 12.4 Å². The van der Waals surface area contributed by atoms with Gasteiger partial charge in [0.15, 0.2) is 0 Å². The van der Waals surface area contributed by atoms with Gasteiger partial charge < -0.3 is 5.73 Å². The molecule has 0 aromatic rings. The number of nitrogens with zero attached hydrogens (tertiary/aromatic N) is 1. The van der Waals surface area contributed by atoms with E-state index in [1.807, 2.05) is 0 Å². The molecule has 0 spiro atoms. The molecule has 2 heteroatoms. The average Bonchev–Trinajstić information content (AvgIpc) is 2.27. The van der Waals surface area contributed by atoms with Gasteiger partial charge in [0.2, 0.25) is 0 Å². The highest BCUT2D eigenvalue weighted by Crippen LogP contribution is 2.31. The van der Waals surface area contributed by atoms with Crippen LogP contribution in [0.1, 0.15) is 59.3 Å². The first kappa shape index (κ1) is 13.5. The summed E-state index contributed by atoms with van der Waals surface area (Å²) in [6, 6.07) is 0. The van der Waals surface area contributed by atoms with Crippen molar-refractivity contribution in [1.82, 2.24) is 0 Å². The smallest absolute Gasteiger partial charge is 0.0968 e. The van der Waals surface area contributed by atoms with Crippen molar-refractivity contribution in [3.05, 3.63) is 0 Å². The lowest BCUT2D eigenvalue weighted by Crippen LogP contribution is -2.28. The van der Waals surface area contributed by atoms with Crippen LogP contribution in [0.4, 0.5) is 0 Å². The summed E-state index contributed by atoms with van der Waals surface area (Å²) in [5, 5.41) is 0. The molecule has 0 aliphatic heterocycles. The van der Waals surface area contributed by atoms with Gasteiger partial charge in [-0.2, -0.15) is 0 Å². The minimum absolute atomic E-state index is 0.576. The topological polar surface area (TPSA) is 38.4 Å². The number of nitrogens with two attached hydrogens (primary N) is 1. The Morgan fingerprint density at radius 3 is 2.38 bits per heavy atom. The normalized spacial score (nSPS) is 27.4. The third-order valence-electron chi connectivity index (χ3n) is 3.60. The predicted molar refractivity (Wildman–Crippen MR) is 71.7 cm³/mol. The highest BCUT2D eigenvalue weighted by atomic mass is 14.9. The average molecular weight is 224 g/mol. The monoisotopic (exact) mass is 224 g/mol. The van der Waals surface area contributed by atoms with E-state index in [0.717, 1.165) is 18.3 Å². The van der Waals surface area contributed by atoms with Crippen LogP contribution in [0.15, 0.2) is 4.99 Å². The Balaban J connectivity index is 2.32. The van der Waals surface area contributed by atoms with E-state index in [9.17, 15) is 0 Å². The van der Waals surface area contributed by atoms with E-state index in [1.54, 1.807) is 0 Å². The van der Waals surface area contributed by atoms with Gasteiger partial charge in [-0.15, -0.1) is 0 Å². The molecule has 0 bridgehead atoms. The van der Waals surface area contributed by atoms with Crippen LogP contribution in [0.25, 0.3) is 0 Å². The molecule has 1 rings (SSSR count). The highest BCUT2D eigenvalue weighted by molar-refractivity contribution is 5.82. The quantitative estimate of drug-likeness (QED) is 0.562. The summed E-state index contributed by atoms with van der Waals surface area (Å²) < 4.78 is 0. The molecule has 0 atom stereocenters. The Labute approximate surface area is 101 Å². The van der Waals surface area contributed by atoms with Crippen molar-refractivity contribution in [2.45, 2.75) is 59.3 Å². The Morgan fingerprint density at radius 2 is 1.88 bits per heavy atom. The largest absolute Gasteiger partial charge is 0.387 e. The fraction of sp³-hybridized carbons (Fsp3) is 0.929. The van der Waals surface area contributed by atoms with Gasteiger partial charge in [0.25, 0.3) is 0 Å². The number of hydrogen-bond donors (Lipinski definition) is 1. The Bertz CT molecular complexity index is 213. The van der Waals surface area contributed by atoms with Crippen molar-refractivity contribution >= 4 is 5.84 Å². The van der Waals surface area contributed by atoms with Crippen molar-refractivity contribution in [2.75, 3.05) is 6.54 Å². The first-order valence-electron chi connectivity index (χ1n) is 6.93. The lowest BCUT2D eigenvalue weighted by Gasteiger charge is -2.28. The zero-order valence-corrected chi connectivity index (χ0v) is 11.2. The van der Waals surface area contributed by atoms with Crippen molar-refractivity contribution in [1.29, 1.82) is 0 Å². The fourth-order valence-electron chi connectivity index (χ4n) is 2.57. The maximum atomic E-state index is 6.07. The maximum absolute atomic E-state index is 6.07. The van der Waals surface area contributed by atoms with E-state index in [-0.39, 0.29) is 0 Å². The van der Waals surface area contributed by atoms with Crippen molar-refractivity contribution < 1.29 is 0 Å². The molecule has 2 nitrogen and oxygen atoms in total. The van der Waals surface area contributed by atoms with Gasteiger partial charge in [-0.3, -0.25) is 4.99 Å². The second-order valence-electron chi connectivity index (χ2n) is 5.67. The predicted octanol–water partition coefficient (Wildman–Crippen LogP) is 3.61. The molecule has 0 aromatic heterocycles. The van der Waals surface area contributed by atoms with Crippen molar-refractivity contribution in [2.24, 2.45) is 28.5 Å². The number of aliphatic imine (C=N–C) groups is 1. The van der Waals surface area contributed by atoms with E-state index in [2.05, 4.69) is 25.8 Å². The first-order chi connectivity index (χ1) is 7.63. The van der Waals surface area contributed by atoms with Gasteiger partial charge in [0.05, 0.1) is 5.84 Å². The van der Waals surface area contributed by atoms with E-state index < -0.39 is 0 Å². The molecule has 1 saturated carbocycles. The summed E-state index contributed by atoms with van der Waals surface area (Å²) >= 11 is 0. The molecule has 1 aliphatic carbocycles. The van der Waals surface area contributed by atoms with Crippen LogP contribution < -0.4 is 5.73 Å². The molecule has 0 unspecified atom stereocenters. The summed E-state index contributed by atoms with van der Waals surface area (Å²) in [7, 11) is 0. The van der Waals surface area contributed by atoms with E-state index in [4.69, 9.17) is 5.73 Å². The zero-order chi connectivity index (χ0) is 12.0. The minimum Gasteiger partial charge on any atom is -0.387 e. The molecule has 0 saturated heterocycles. The van der Waals surface area contributed by atoms with Gasteiger partial charge in [-0.05, 0) is 37.5 Å². The molecule has 2 N–H and O–H groups in total. The summed E-state index contributed by atoms with van der Waals surface area (Å²) in [5.41, 5.74) is 6.07. The third kappa shape index (κ3) is 4.54. The summed E-state index contributed by atoms with van der Waals surface area (Å²) in [5.74, 6) is 3.07. The third-order valence-corrected chi connectivity index (χ3v) is 3.60. The van der Waals surface area contributed by atoms with Gasteiger partial charge in [0, 0.05) is 12.5 Å². The van der Waals surface area contributed by atoms with Gasteiger partial charge in [0.1, 0.15) is 0 Å². The molecule has 16 heavy (non-hydrogen) atoms. The van der Waals surface area contributed by atoms with Crippen LogP contribution in [-0.2, 0) is 0 Å². The molecule has 94 valence electrons. The number of hydrogen-bond acceptors (Lipinski definition) is 1. The summed E-state index contributed by atoms with van der Waals surface area (Å²) in [6.07, 6.45) is 7.96. The first-order valence-corrected chi connectivity index (χ1v) is 6.93. The maximum Gasteiger partial charge on any atom is 0.0968 e. The molecule has 0 amide bonds. The van der Waals surface area contributed by atoms with Crippen molar-refractivity contribution in [3.63, 3.8) is 0 Å². The Hall–Kier alpha value is -0.530. The molecule has 1 aliphatic rings. The lowest BCUT2D eigenvalue weighted by molar-refractivity contribution is 0.303. The van der Waals surface area contributed by atoms with Crippen LogP contribution in [0.2, 0.25) is 0 Å². The van der Waals surface area contributed by atoms with E-state index >= 15 is 0 Å². The van der Waals surface area contributed by atoms with Crippen LogP contribution in [0.5, 0.6) is 0 Å². The van der Waals surface area contributed by atoms with E-state index in [0.29, 0.717) is 11.8 Å². The number of rotatable bonds is 5. The summed E-state index contributed by atoms with van der Waals surface area (Å²) in [4.78, 5) is 4.51. The standard InChI is InChI=1S/C14H28N2/c1-4-5-12-6-8-13(9-7-12)14(15)16-10-11(2)3/h11-13H,4-10H2,1-3H3,(H2,15,16). The molecular weight excluding hydrogens is 196 g/mol. The van der Waals surface area contributed by atoms with Crippen LogP contribution >= 0.6 is 0 Å². The van der Waals surface area contributed by atoms with Gasteiger partial charge in [-0.25, -0.2) is 0 Å². The molecular formula is C14H28N2. The molecule has 0 heterocycles. The highest BCUT2D eigenvalue weighted by Gasteiger charge is 2.22. The second-order valence-corrected chi connectivity index (χ2v) is 5.67. The molecule has 1 fully saturated rings. The fourth-order valence-corrected chi connectivity index (χ4v) is 2.57. The van der Waals surface area contributed by atoms with Crippen LogP contribution in [0, 0.1) is 17.8 Å². The summed E-state index contributed by atoms with van der Waals surface area (Å²) in [6.45, 7) is 7.55. The Kier molecular flexibility index (Phi) is 5.86. The SMILES string of the molecule is CCCC1CCC(C(N)=NCC(C)C)CC1. The minimum atomic E-state index is 0.576. The Morgan fingerprint density at radius 1 is 1.25 bits per heavy atom. The zero-order valence-electron chi connectivity index (χ0n) is 11.2. The molecule has 0 aromatic carbocycles. The van der Waals surface area contributed by atoms with Crippen molar-refractivity contribution in [3.8, 4) is 0 Å². The number of amidine groups is 1. The lowest BCUT2D eigenvalue weighted by atomic mass is 9.79. The van der Waals surface area contributed by atoms with Gasteiger partial charge >= 0.3 is 0 Å². The molecule has 0 radical (unpaired) electrons. The second kappa shape index (κ2) is 6.93.